The fourth-order valence-corrected chi connectivity index (χ4v) is 3.19. The first-order chi connectivity index (χ1) is 9.69. The molecule has 0 aromatic heterocycles. The van der Waals surface area contributed by atoms with Gasteiger partial charge in [0.05, 0.1) is 0 Å². The molecule has 2 rings (SSSR count). The minimum Gasteiger partial charge on any atom is -0.324 e. The first-order valence-corrected chi connectivity index (χ1v) is 7.92. The second-order valence-electron chi connectivity index (χ2n) is 5.85. The minimum atomic E-state index is 0.151. The summed E-state index contributed by atoms with van der Waals surface area (Å²) in [5.74, 6) is 0.583. The molecular formula is C19H27N. The van der Waals surface area contributed by atoms with Crippen LogP contribution in [0.3, 0.4) is 0 Å². The Morgan fingerprint density at radius 2 is 1.80 bits per heavy atom. The normalized spacial score (nSPS) is 14.4. The van der Waals surface area contributed by atoms with Crippen LogP contribution in [0.4, 0.5) is 0 Å². The molecule has 2 aromatic carbocycles. The summed E-state index contributed by atoms with van der Waals surface area (Å²) in [6.07, 6.45) is 4.91. The molecule has 0 spiro atoms. The number of nitrogens with two attached hydrogens (primary N) is 1. The smallest absolute Gasteiger partial charge is 0.0332 e. The van der Waals surface area contributed by atoms with Gasteiger partial charge < -0.3 is 5.73 Å². The van der Waals surface area contributed by atoms with Gasteiger partial charge in [-0.2, -0.15) is 0 Å². The fourth-order valence-electron chi connectivity index (χ4n) is 3.19. The Labute approximate surface area is 123 Å². The third kappa shape index (κ3) is 3.04. The molecular weight excluding hydrogens is 242 g/mol. The third-order valence-electron chi connectivity index (χ3n) is 4.48. The van der Waals surface area contributed by atoms with Gasteiger partial charge in [-0.15, -0.1) is 0 Å². The Hall–Kier alpha value is -1.34. The lowest BCUT2D eigenvalue weighted by Gasteiger charge is -2.26. The molecule has 0 radical (unpaired) electrons. The summed E-state index contributed by atoms with van der Waals surface area (Å²) in [5.41, 5.74) is 9.34. The van der Waals surface area contributed by atoms with E-state index in [0.717, 1.165) is 6.42 Å². The number of rotatable bonds is 6. The van der Waals surface area contributed by atoms with Crippen molar-refractivity contribution in [1.29, 1.82) is 0 Å². The van der Waals surface area contributed by atoms with Gasteiger partial charge >= 0.3 is 0 Å². The van der Waals surface area contributed by atoms with Crippen LogP contribution in [0.2, 0.25) is 0 Å². The van der Waals surface area contributed by atoms with Crippen LogP contribution in [0, 0.1) is 12.8 Å². The van der Waals surface area contributed by atoms with Crippen molar-refractivity contribution in [1.82, 2.24) is 0 Å². The van der Waals surface area contributed by atoms with E-state index < -0.39 is 0 Å². The van der Waals surface area contributed by atoms with Crippen LogP contribution in [0.15, 0.2) is 36.4 Å². The van der Waals surface area contributed by atoms with Crippen molar-refractivity contribution in [2.45, 2.75) is 52.5 Å². The minimum absolute atomic E-state index is 0.151. The van der Waals surface area contributed by atoms with E-state index in [9.17, 15) is 0 Å². The molecule has 0 saturated heterocycles. The molecule has 0 heterocycles. The Morgan fingerprint density at radius 1 is 1.05 bits per heavy atom. The van der Waals surface area contributed by atoms with Gasteiger partial charge in [-0.1, -0.05) is 69.5 Å². The Morgan fingerprint density at radius 3 is 2.50 bits per heavy atom. The van der Waals surface area contributed by atoms with E-state index in [0.29, 0.717) is 5.92 Å². The summed E-state index contributed by atoms with van der Waals surface area (Å²) in [6.45, 7) is 6.70. The summed E-state index contributed by atoms with van der Waals surface area (Å²) in [4.78, 5) is 0. The highest BCUT2D eigenvalue weighted by atomic mass is 14.7. The number of unbranched alkanes of at least 4 members (excludes halogenated alkanes) is 1. The van der Waals surface area contributed by atoms with Crippen molar-refractivity contribution < 1.29 is 0 Å². The number of aryl methyl sites for hydroxylation is 1. The van der Waals surface area contributed by atoms with E-state index in [4.69, 9.17) is 5.73 Å². The Balaban J connectivity index is 2.42. The second-order valence-corrected chi connectivity index (χ2v) is 5.85. The molecule has 2 aromatic rings. The van der Waals surface area contributed by atoms with Crippen LogP contribution < -0.4 is 5.73 Å². The highest BCUT2D eigenvalue weighted by Gasteiger charge is 2.20. The molecule has 2 atom stereocenters. The molecule has 2 unspecified atom stereocenters. The van der Waals surface area contributed by atoms with Gasteiger partial charge in [0, 0.05) is 6.04 Å². The lowest BCUT2D eigenvalue weighted by Crippen LogP contribution is -2.22. The van der Waals surface area contributed by atoms with Gasteiger partial charge in [0.25, 0.3) is 0 Å². The van der Waals surface area contributed by atoms with Crippen LogP contribution in [-0.4, -0.2) is 0 Å². The molecule has 0 saturated carbocycles. The fraction of sp³-hybridized carbons (Fsp3) is 0.474. The lowest BCUT2D eigenvalue weighted by molar-refractivity contribution is 0.379. The van der Waals surface area contributed by atoms with Crippen LogP contribution in [0.1, 0.15) is 56.7 Å². The monoisotopic (exact) mass is 269 g/mol. The predicted molar refractivity (Wildman–Crippen MR) is 88.9 cm³/mol. The number of benzene rings is 2. The topological polar surface area (TPSA) is 26.0 Å². The van der Waals surface area contributed by atoms with E-state index in [1.54, 1.807) is 0 Å². The predicted octanol–water partition coefficient (Wildman–Crippen LogP) is 5.36. The molecule has 2 N–H and O–H groups in total. The van der Waals surface area contributed by atoms with Gasteiger partial charge in [-0.05, 0) is 41.2 Å². The molecule has 0 amide bonds. The zero-order valence-electron chi connectivity index (χ0n) is 13.0. The van der Waals surface area contributed by atoms with Crippen molar-refractivity contribution >= 4 is 10.8 Å². The summed E-state index contributed by atoms with van der Waals surface area (Å²) in [7, 11) is 0. The largest absolute Gasteiger partial charge is 0.324 e. The summed E-state index contributed by atoms with van der Waals surface area (Å²) in [5, 5.41) is 2.63. The van der Waals surface area contributed by atoms with Crippen LogP contribution >= 0.6 is 0 Å². The second kappa shape index (κ2) is 6.90. The van der Waals surface area contributed by atoms with Gasteiger partial charge in [-0.25, -0.2) is 0 Å². The molecule has 0 fully saturated rings. The van der Waals surface area contributed by atoms with Crippen molar-refractivity contribution in [3.05, 3.63) is 47.5 Å². The van der Waals surface area contributed by atoms with Gasteiger partial charge in [0.15, 0.2) is 0 Å². The Bertz CT molecular complexity index is 559. The van der Waals surface area contributed by atoms with Crippen LogP contribution in [0.5, 0.6) is 0 Å². The summed E-state index contributed by atoms with van der Waals surface area (Å²) >= 11 is 0. The highest BCUT2D eigenvalue weighted by molar-refractivity contribution is 5.87. The van der Waals surface area contributed by atoms with Crippen LogP contribution in [-0.2, 0) is 0 Å². The summed E-state index contributed by atoms with van der Waals surface area (Å²) < 4.78 is 0. The maximum atomic E-state index is 6.66. The quantitative estimate of drug-likeness (QED) is 0.750. The van der Waals surface area contributed by atoms with Gasteiger partial charge in [0.1, 0.15) is 0 Å². The van der Waals surface area contributed by atoms with E-state index in [1.165, 1.54) is 41.2 Å². The SMILES string of the molecule is CCCCC(CC)C(N)c1c(C)ccc2ccccc12. The number of hydrogen-bond acceptors (Lipinski definition) is 1. The maximum absolute atomic E-state index is 6.66. The molecule has 20 heavy (non-hydrogen) atoms. The van der Waals surface area contributed by atoms with Gasteiger partial charge in [0.2, 0.25) is 0 Å². The summed E-state index contributed by atoms with van der Waals surface area (Å²) in [6, 6.07) is 13.2. The number of fused-ring (bicyclic) bond motifs is 1. The maximum Gasteiger partial charge on any atom is 0.0332 e. The zero-order chi connectivity index (χ0) is 14.5. The third-order valence-corrected chi connectivity index (χ3v) is 4.48. The van der Waals surface area contributed by atoms with Crippen molar-refractivity contribution in [2.24, 2.45) is 11.7 Å². The molecule has 108 valence electrons. The average molecular weight is 269 g/mol. The van der Waals surface area contributed by atoms with E-state index in [2.05, 4.69) is 57.2 Å². The van der Waals surface area contributed by atoms with Gasteiger partial charge in [-0.3, -0.25) is 0 Å². The standard InChI is InChI=1S/C19H27N/c1-4-6-9-15(5-2)19(20)18-14(3)12-13-16-10-7-8-11-17(16)18/h7-8,10-13,15,19H,4-6,9,20H2,1-3H3. The Kier molecular flexibility index (Phi) is 5.19. The first kappa shape index (κ1) is 15.1. The van der Waals surface area contributed by atoms with Crippen molar-refractivity contribution in [2.75, 3.05) is 0 Å². The highest BCUT2D eigenvalue weighted by Crippen LogP contribution is 2.33. The van der Waals surface area contributed by atoms with E-state index >= 15 is 0 Å². The molecule has 0 aliphatic heterocycles. The molecule has 1 nitrogen and oxygen atoms in total. The van der Waals surface area contributed by atoms with Crippen molar-refractivity contribution in [3.63, 3.8) is 0 Å². The molecule has 1 heteroatoms. The lowest BCUT2D eigenvalue weighted by atomic mass is 9.83. The molecule has 0 aliphatic carbocycles. The molecule has 0 aliphatic rings. The average Bonchev–Trinajstić information content (AvgIpc) is 2.47. The molecule has 0 bridgehead atoms. The van der Waals surface area contributed by atoms with Crippen molar-refractivity contribution in [3.8, 4) is 0 Å². The van der Waals surface area contributed by atoms with E-state index in [-0.39, 0.29) is 6.04 Å². The first-order valence-electron chi connectivity index (χ1n) is 7.92. The van der Waals surface area contributed by atoms with E-state index in [1.807, 2.05) is 0 Å². The van der Waals surface area contributed by atoms with Crippen LogP contribution in [0.25, 0.3) is 10.8 Å². The number of hydrogen-bond donors (Lipinski definition) is 1. The zero-order valence-corrected chi connectivity index (χ0v) is 13.0.